The van der Waals surface area contributed by atoms with Crippen LogP contribution in [0.5, 0.6) is 0 Å². The van der Waals surface area contributed by atoms with Crippen molar-refractivity contribution < 1.29 is 19.2 Å². The molecule has 104 valence electrons. The number of hydrogen-bond acceptors (Lipinski definition) is 4. The number of terminal acetylenes is 1. The Bertz CT molecular complexity index is 367. The van der Waals surface area contributed by atoms with E-state index in [0.29, 0.717) is 11.5 Å². The third-order valence-corrected chi connectivity index (χ3v) is 2.90. The fourth-order valence-electron chi connectivity index (χ4n) is 1.83. The predicted molar refractivity (Wildman–Crippen MR) is 68.3 cm³/mol. The van der Waals surface area contributed by atoms with Crippen molar-refractivity contribution in [2.45, 2.75) is 57.8 Å². The lowest BCUT2D eigenvalue weighted by molar-refractivity contribution is -0.197. The lowest BCUT2D eigenvalue weighted by Crippen LogP contribution is -2.31. The topological polar surface area (TPSA) is 63.7 Å². The number of hydrogen-bond donors (Lipinski definition) is 0. The van der Waals surface area contributed by atoms with Gasteiger partial charge in [-0.15, -0.1) is 17.4 Å². The van der Waals surface area contributed by atoms with E-state index >= 15 is 0 Å². The van der Waals surface area contributed by atoms with Gasteiger partial charge in [-0.2, -0.15) is 0 Å². The SMILES string of the molecule is C#CCCCCCCCC(=O)ON1C(=O)CCC1=O. The number of amides is 2. The maximum atomic E-state index is 11.4. The molecule has 1 rings (SSSR count). The molecule has 0 aromatic carbocycles. The van der Waals surface area contributed by atoms with Gasteiger partial charge in [0.25, 0.3) is 11.8 Å². The molecule has 0 aromatic rings. The van der Waals surface area contributed by atoms with E-state index in [-0.39, 0.29) is 19.3 Å². The maximum Gasteiger partial charge on any atom is 0.333 e. The average Bonchev–Trinajstić information content (AvgIpc) is 2.69. The molecule has 0 bridgehead atoms. The average molecular weight is 265 g/mol. The zero-order valence-electron chi connectivity index (χ0n) is 11.0. The monoisotopic (exact) mass is 265 g/mol. The first kappa shape index (κ1) is 15.2. The smallest absolute Gasteiger partial charge is 0.330 e. The van der Waals surface area contributed by atoms with Gasteiger partial charge in [0.15, 0.2) is 0 Å². The maximum absolute atomic E-state index is 11.4. The second-order valence-electron chi connectivity index (χ2n) is 4.52. The Morgan fingerprint density at radius 2 is 1.68 bits per heavy atom. The highest BCUT2D eigenvalue weighted by molar-refractivity contribution is 6.01. The third kappa shape index (κ3) is 5.56. The van der Waals surface area contributed by atoms with Crippen LogP contribution in [0.25, 0.3) is 0 Å². The van der Waals surface area contributed by atoms with Crippen LogP contribution in [0.4, 0.5) is 0 Å². The minimum atomic E-state index is -0.521. The van der Waals surface area contributed by atoms with Gasteiger partial charge in [-0.25, -0.2) is 4.79 Å². The molecule has 0 saturated carbocycles. The first-order valence-electron chi connectivity index (χ1n) is 6.65. The normalized spacial score (nSPS) is 14.6. The summed E-state index contributed by atoms with van der Waals surface area (Å²) in [6, 6.07) is 0. The lowest BCUT2D eigenvalue weighted by atomic mass is 10.1. The molecule has 5 heteroatoms. The second kappa shape index (κ2) is 8.30. The second-order valence-corrected chi connectivity index (χ2v) is 4.52. The molecule has 0 radical (unpaired) electrons. The van der Waals surface area contributed by atoms with Crippen molar-refractivity contribution in [3.63, 3.8) is 0 Å². The van der Waals surface area contributed by atoms with Crippen molar-refractivity contribution in [3.05, 3.63) is 0 Å². The van der Waals surface area contributed by atoms with Crippen molar-refractivity contribution in [2.24, 2.45) is 0 Å². The number of carbonyl (C=O) groups excluding carboxylic acids is 3. The van der Waals surface area contributed by atoms with E-state index < -0.39 is 17.8 Å². The fourth-order valence-corrected chi connectivity index (χ4v) is 1.83. The third-order valence-electron chi connectivity index (χ3n) is 2.90. The Labute approximate surface area is 113 Å². The molecule has 19 heavy (non-hydrogen) atoms. The molecule has 2 amide bonds. The van der Waals surface area contributed by atoms with Gasteiger partial charge in [-0.1, -0.05) is 19.3 Å². The molecule has 0 N–H and O–H groups in total. The molecule has 0 unspecified atom stereocenters. The van der Waals surface area contributed by atoms with Crippen molar-refractivity contribution in [1.29, 1.82) is 0 Å². The number of imide groups is 1. The highest BCUT2D eigenvalue weighted by atomic mass is 16.7. The van der Waals surface area contributed by atoms with E-state index in [1.807, 2.05) is 0 Å². The van der Waals surface area contributed by atoms with Crippen LogP contribution in [0.1, 0.15) is 57.8 Å². The van der Waals surface area contributed by atoms with E-state index in [1.54, 1.807) is 0 Å². The summed E-state index contributed by atoms with van der Waals surface area (Å²) >= 11 is 0. The van der Waals surface area contributed by atoms with Crippen molar-refractivity contribution in [3.8, 4) is 12.3 Å². The van der Waals surface area contributed by atoms with E-state index in [1.165, 1.54) is 0 Å². The molecule has 5 nitrogen and oxygen atoms in total. The molecular formula is C14H19NO4. The van der Waals surface area contributed by atoms with Crippen LogP contribution in [0.3, 0.4) is 0 Å². The van der Waals surface area contributed by atoms with Gasteiger partial charge in [0.2, 0.25) is 0 Å². The summed E-state index contributed by atoms with van der Waals surface area (Å²) in [5.41, 5.74) is 0. The molecule has 1 saturated heterocycles. The van der Waals surface area contributed by atoms with Gasteiger partial charge in [-0.3, -0.25) is 9.59 Å². The standard InChI is InChI=1S/C14H19NO4/c1-2-3-4-5-6-7-8-9-14(18)19-15-12(16)10-11-13(15)17/h1H,3-11H2. The number of hydroxylamine groups is 2. The number of rotatable bonds is 8. The molecule has 0 atom stereocenters. The van der Waals surface area contributed by atoms with Gasteiger partial charge in [0.1, 0.15) is 0 Å². The Morgan fingerprint density at radius 3 is 2.32 bits per heavy atom. The van der Waals surface area contributed by atoms with E-state index in [2.05, 4.69) is 5.92 Å². The van der Waals surface area contributed by atoms with Crippen LogP contribution < -0.4 is 0 Å². The largest absolute Gasteiger partial charge is 0.333 e. The number of carbonyl (C=O) groups is 3. The highest BCUT2D eigenvalue weighted by Crippen LogP contribution is 2.14. The van der Waals surface area contributed by atoms with Crippen LogP contribution in [0.2, 0.25) is 0 Å². The van der Waals surface area contributed by atoms with E-state index in [0.717, 1.165) is 32.1 Å². The molecule has 0 aliphatic carbocycles. The van der Waals surface area contributed by atoms with Gasteiger partial charge in [0.05, 0.1) is 0 Å². The summed E-state index contributed by atoms with van der Waals surface area (Å²) in [7, 11) is 0. The van der Waals surface area contributed by atoms with Gasteiger partial charge in [-0.05, 0) is 12.8 Å². The van der Waals surface area contributed by atoms with Crippen molar-refractivity contribution in [2.75, 3.05) is 0 Å². The Balaban J connectivity index is 2.07. The highest BCUT2D eigenvalue weighted by Gasteiger charge is 2.32. The first-order chi connectivity index (χ1) is 9.15. The van der Waals surface area contributed by atoms with Crippen molar-refractivity contribution >= 4 is 17.8 Å². The Hall–Kier alpha value is -1.83. The lowest BCUT2D eigenvalue weighted by Gasteiger charge is -2.12. The molecule has 0 spiro atoms. The molecular weight excluding hydrogens is 246 g/mol. The zero-order valence-corrected chi connectivity index (χ0v) is 11.0. The number of nitrogens with zero attached hydrogens (tertiary/aromatic N) is 1. The first-order valence-corrected chi connectivity index (χ1v) is 6.65. The summed E-state index contributed by atoms with van der Waals surface area (Å²) in [6.07, 6.45) is 11.1. The molecule has 1 aliphatic heterocycles. The van der Waals surface area contributed by atoms with Crippen LogP contribution in [-0.4, -0.2) is 22.8 Å². The van der Waals surface area contributed by atoms with E-state index in [4.69, 9.17) is 11.3 Å². The molecule has 0 aromatic heterocycles. The number of unbranched alkanes of at least 4 members (excludes halogenated alkanes) is 5. The Morgan fingerprint density at radius 1 is 1.11 bits per heavy atom. The van der Waals surface area contributed by atoms with E-state index in [9.17, 15) is 14.4 Å². The Kier molecular flexibility index (Phi) is 6.65. The van der Waals surface area contributed by atoms with Crippen LogP contribution >= 0.6 is 0 Å². The summed E-state index contributed by atoms with van der Waals surface area (Å²) in [4.78, 5) is 38.6. The van der Waals surface area contributed by atoms with Gasteiger partial charge in [0, 0.05) is 25.7 Å². The summed E-state index contributed by atoms with van der Waals surface area (Å²) in [5.74, 6) is 1.19. The molecule has 1 fully saturated rings. The quantitative estimate of drug-likeness (QED) is 0.382. The molecule has 1 heterocycles. The summed E-state index contributed by atoms with van der Waals surface area (Å²) in [5, 5.41) is 0.593. The van der Waals surface area contributed by atoms with Crippen LogP contribution in [-0.2, 0) is 19.2 Å². The van der Waals surface area contributed by atoms with Gasteiger partial charge < -0.3 is 4.84 Å². The summed E-state index contributed by atoms with van der Waals surface area (Å²) in [6.45, 7) is 0. The van der Waals surface area contributed by atoms with Crippen molar-refractivity contribution in [1.82, 2.24) is 5.06 Å². The zero-order chi connectivity index (χ0) is 14.1. The molecule has 1 aliphatic rings. The predicted octanol–water partition coefficient (Wildman–Crippen LogP) is 1.96. The summed E-state index contributed by atoms with van der Waals surface area (Å²) < 4.78 is 0. The fraction of sp³-hybridized carbons (Fsp3) is 0.643. The van der Waals surface area contributed by atoms with Crippen LogP contribution in [0.15, 0.2) is 0 Å². The minimum absolute atomic E-state index is 0.126. The minimum Gasteiger partial charge on any atom is -0.330 e. The van der Waals surface area contributed by atoms with Crippen LogP contribution in [0, 0.1) is 12.3 Å². The van der Waals surface area contributed by atoms with Gasteiger partial charge >= 0.3 is 5.97 Å².